The summed E-state index contributed by atoms with van der Waals surface area (Å²) in [6.07, 6.45) is 2.65. The quantitative estimate of drug-likeness (QED) is 0.559. The van der Waals surface area contributed by atoms with Crippen LogP contribution in [0.2, 0.25) is 5.02 Å². The molecule has 0 unspecified atom stereocenters. The number of piperidine rings is 1. The van der Waals surface area contributed by atoms with Crippen LogP contribution in [-0.4, -0.2) is 49.8 Å². The molecule has 1 aliphatic rings. The summed E-state index contributed by atoms with van der Waals surface area (Å²) >= 11 is 5.89. The van der Waals surface area contributed by atoms with E-state index < -0.39 is 21.7 Å². The molecule has 0 atom stereocenters. The minimum absolute atomic E-state index is 0.0400. The van der Waals surface area contributed by atoms with Gasteiger partial charge in [0.2, 0.25) is 15.9 Å². The molecule has 2 amide bonds. The highest BCUT2D eigenvalue weighted by Gasteiger charge is 2.31. The molecule has 11 heteroatoms. The third-order valence-corrected chi connectivity index (χ3v) is 7.24. The number of H-pyrrole nitrogens is 1. The van der Waals surface area contributed by atoms with E-state index in [1.165, 1.54) is 6.07 Å². The van der Waals surface area contributed by atoms with Crippen LogP contribution in [0.3, 0.4) is 0 Å². The maximum absolute atomic E-state index is 13.1. The molecule has 1 aromatic heterocycles. The number of nitrogens with one attached hydrogen (secondary N) is 3. The lowest BCUT2D eigenvalue weighted by atomic mass is 10.1. The molecule has 3 N–H and O–H groups in total. The van der Waals surface area contributed by atoms with Gasteiger partial charge in [0.05, 0.1) is 16.3 Å². The lowest BCUT2D eigenvalue weighted by Gasteiger charge is -2.27. The normalized spacial score (nSPS) is 14.4. The van der Waals surface area contributed by atoms with Gasteiger partial charge in [0.1, 0.15) is 10.7 Å². The fourth-order valence-electron chi connectivity index (χ4n) is 3.78. The van der Waals surface area contributed by atoms with Crippen LogP contribution in [-0.2, 0) is 14.8 Å². The molecular formula is C21H26ClFN4O4S. The molecule has 174 valence electrons. The predicted molar refractivity (Wildman–Crippen MR) is 120 cm³/mol. The molecule has 32 heavy (non-hydrogen) atoms. The number of benzene rings is 1. The Morgan fingerprint density at radius 1 is 1.16 bits per heavy atom. The van der Waals surface area contributed by atoms with Crippen LogP contribution in [0.4, 0.5) is 10.1 Å². The Bertz CT molecular complexity index is 1130. The van der Waals surface area contributed by atoms with E-state index in [0.29, 0.717) is 24.5 Å². The minimum atomic E-state index is -4.05. The first kappa shape index (κ1) is 24.2. The van der Waals surface area contributed by atoms with Gasteiger partial charge in [0, 0.05) is 37.4 Å². The molecule has 2 heterocycles. The van der Waals surface area contributed by atoms with Gasteiger partial charge in [0.15, 0.2) is 0 Å². The topological polar surface area (TPSA) is 111 Å². The van der Waals surface area contributed by atoms with Gasteiger partial charge in [-0.05, 0) is 51.3 Å². The fourth-order valence-corrected chi connectivity index (χ4v) is 5.47. The van der Waals surface area contributed by atoms with Gasteiger partial charge < -0.3 is 15.2 Å². The van der Waals surface area contributed by atoms with Gasteiger partial charge in [-0.2, -0.15) is 0 Å². The number of hydrogen-bond acceptors (Lipinski definition) is 4. The highest BCUT2D eigenvalue weighted by atomic mass is 35.5. The number of halogens is 2. The number of carbonyl (C=O) groups is 2. The van der Waals surface area contributed by atoms with Crippen molar-refractivity contribution in [3.8, 4) is 0 Å². The number of anilines is 1. The van der Waals surface area contributed by atoms with Crippen molar-refractivity contribution < 1.29 is 22.4 Å². The van der Waals surface area contributed by atoms with Gasteiger partial charge >= 0.3 is 0 Å². The summed E-state index contributed by atoms with van der Waals surface area (Å²) in [4.78, 5) is 29.8. The molecule has 1 fully saturated rings. The number of aromatic nitrogens is 1. The first-order valence-corrected chi connectivity index (χ1v) is 12.2. The third-order valence-electron chi connectivity index (χ3n) is 5.29. The average Bonchev–Trinajstić information content (AvgIpc) is 3.04. The Morgan fingerprint density at radius 2 is 1.84 bits per heavy atom. The van der Waals surface area contributed by atoms with E-state index in [-0.39, 0.29) is 40.0 Å². The summed E-state index contributed by atoms with van der Waals surface area (Å²) in [6.45, 7) is 4.28. The smallest absolute Gasteiger partial charge is 0.257 e. The lowest BCUT2D eigenvalue weighted by Crippen LogP contribution is -2.37. The summed E-state index contributed by atoms with van der Waals surface area (Å²) in [5.41, 5.74) is 1.21. The highest BCUT2D eigenvalue weighted by Crippen LogP contribution is 2.26. The Morgan fingerprint density at radius 3 is 2.50 bits per heavy atom. The van der Waals surface area contributed by atoms with Gasteiger partial charge in [-0.3, -0.25) is 9.59 Å². The second-order valence-electron chi connectivity index (χ2n) is 7.75. The minimum Gasteiger partial charge on any atom is -0.361 e. The molecule has 0 bridgehead atoms. The number of aryl methyl sites for hydroxylation is 2. The number of sulfonamides is 1. The van der Waals surface area contributed by atoms with Gasteiger partial charge in [-0.1, -0.05) is 11.6 Å². The Labute approximate surface area is 191 Å². The number of carbonyl (C=O) groups excluding carboxylic acids is 2. The molecule has 1 aliphatic heterocycles. The molecule has 0 spiro atoms. The number of aromatic amines is 1. The van der Waals surface area contributed by atoms with Crippen LogP contribution in [0.1, 0.15) is 47.4 Å². The molecule has 0 saturated carbocycles. The van der Waals surface area contributed by atoms with E-state index in [9.17, 15) is 22.4 Å². The summed E-state index contributed by atoms with van der Waals surface area (Å²) < 4.78 is 41.5. The maximum atomic E-state index is 13.1. The van der Waals surface area contributed by atoms with Gasteiger partial charge in [-0.25, -0.2) is 17.5 Å². The highest BCUT2D eigenvalue weighted by molar-refractivity contribution is 7.89. The van der Waals surface area contributed by atoms with Gasteiger partial charge in [-0.15, -0.1) is 0 Å². The zero-order valence-electron chi connectivity index (χ0n) is 17.9. The standard InChI is InChI=1S/C21H26ClFN4O4S/c1-13-19(21(29)27-10-4-3-5-11-27)20(14(2)25-13)32(30,31)24-9-8-18(28)26-17-7-6-15(23)12-16(17)22/h6-7,12,24-25H,3-5,8-11H2,1-2H3,(H,26,28). The number of rotatable bonds is 7. The van der Waals surface area contributed by atoms with Crippen molar-refractivity contribution in [2.75, 3.05) is 25.0 Å². The van der Waals surface area contributed by atoms with E-state index in [1.807, 2.05) is 0 Å². The van der Waals surface area contributed by atoms with Crippen molar-refractivity contribution in [1.29, 1.82) is 0 Å². The number of hydrogen-bond donors (Lipinski definition) is 3. The number of amides is 2. The summed E-state index contributed by atoms with van der Waals surface area (Å²) in [5, 5.41) is 2.55. The zero-order chi connectivity index (χ0) is 23.5. The summed E-state index contributed by atoms with van der Waals surface area (Å²) in [6, 6.07) is 3.55. The second kappa shape index (κ2) is 10.0. The molecule has 2 aromatic rings. The maximum Gasteiger partial charge on any atom is 0.257 e. The van der Waals surface area contributed by atoms with E-state index in [0.717, 1.165) is 31.4 Å². The third kappa shape index (κ3) is 5.48. The number of likely N-dealkylation sites (tertiary alicyclic amines) is 1. The van der Waals surface area contributed by atoms with Crippen LogP contribution < -0.4 is 10.0 Å². The lowest BCUT2D eigenvalue weighted by molar-refractivity contribution is -0.116. The Hall–Kier alpha value is -2.43. The largest absolute Gasteiger partial charge is 0.361 e. The Balaban J connectivity index is 1.69. The first-order valence-electron chi connectivity index (χ1n) is 10.3. The number of nitrogens with zero attached hydrogens (tertiary/aromatic N) is 1. The summed E-state index contributed by atoms with van der Waals surface area (Å²) in [7, 11) is -4.05. The van der Waals surface area contributed by atoms with Crippen LogP contribution >= 0.6 is 11.6 Å². The van der Waals surface area contributed by atoms with Crippen molar-refractivity contribution >= 4 is 39.1 Å². The molecule has 1 saturated heterocycles. The van der Waals surface area contributed by atoms with Crippen molar-refractivity contribution in [2.45, 2.75) is 44.4 Å². The van der Waals surface area contributed by atoms with Crippen LogP contribution in [0.5, 0.6) is 0 Å². The van der Waals surface area contributed by atoms with Crippen LogP contribution in [0.25, 0.3) is 0 Å². The SMILES string of the molecule is Cc1[nH]c(C)c(S(=O)(=O)NCCC(=O)Nc2ccc(F)cc2Cl)c1C(=O)N1CCCCC1. The van der Waals surface area contributed by atoms with E-state index >= 15 is 0 Å². The van der Waals surface area contributed by atoms with Crippen molar-refractivity contribution in [1.82, 2.24) is 14.6 Å². The van der Waals surface area contributed by atoms with Crippen LogP contribution in [0.15, 0.2) is 23.1 Å². The van der Waals surface area contributed by atoms with Crippen molar-refractivity contribution in [2.24, 2.45) is 0 Å². The Kier molecular flexibility index (Phi) is 7.58. The average molecular weight is 485 g/mol. The van der Waals surface area contributed by atoms with Gasteiger partial charge in [0.25, 0.3) is 5.91 Å². The second-order valence-corrected chi connectivity index (χ2v) is 9.86. The molecule has 8 nitrogen and oxygen atoms in total. The van der Waals surface area contributed by atoms with E-state index in [1.54, 1.807) is 18.7 Å². The van der Waals surface area contributed by atoms with E-state index in [4.69, 9.17) is 11.6 Å². The van der Waals surface area contributed by atoms with Crippen molar-refractivity contribution in [3.63, 3.8) is 0 Å². The fraction of sp³-hybridized carbons (Fsp3) is 0.429. The molecule has 0 radical (unpaired) electrons. The molecule has 1 aromatic carbocycles. The summed E-state index contributed by atoms with van der Waals surface area (Å²) in [5.74, 6) is -1.34. The zero-order valence-corrected chi connectivity index (χ0v) is 19.5. The molecule has 3 rings (SSSR count). The van der Waals surface area contributed by atoms with Crippen LogP contribution in [0, 0.1) is 19.7 Å². The molecule has 0 aliphatic carbocycles. The predicted octanol–water partition coefficient (Wildman–Crippen LogP) is 3.36. The van der Waals surface area contributed by atoms with E-state index in [2.05, 4.69) is 15.0 Å². The van der Waals surface area contributed by atoms with Crippen molar-refractivity contribution in [3.05, 3.63) is 46.0 Å². The first-order chi connectivity index (χ1) is 15.1. The monoisotopic (exact) mass is 484 g/mol. The molecular weight excluding hydrogens is 459 g/mol.